The summed E-state index contributed by atoms with van der Waals surface area (Å²) in [5.41, 5.74) is 1.44. The molecule has 2 unspecified atom stereocenters. The third-order valence-electron chi connectivity index (χ3n) is 2.99. The predicted octanol–water partition coefficient (Wildman–Crippen LogP) is 2.38. The van der Waals surface area contributed by atoms with Gasteiger partial charge in [0, 0.05) is 19.1 Å². The largest absolute Gasteiger partial charge is 0.318 e. The van der Waals surface area contributed by atoms with Gasteiger partial charge in [-0.2, -0.15) is 0 Å². The summed E-state index contributed by atoms with van der Waals surface area (Å²) >= 11 is 0. The average molecular weight is 220 g/mol. The first-order valence-electron chi connectivity index (χ1n) is 6.20. The monoisotopic (exact) mass is 220 g/mol. The van der Waals surface area contributed by atoms with Crippen molar-refractivity contribution in [2.75, 3.05) is 20.1 Å². The lowest BCUT2D eigenvalue weighted by molar-refractivity contribution is 0.483. The molecule has 0 saturated carbocycles. The van der Waals surface area contributed by atoms with Crippen molar-refractivity contribution in [2.24, 2.45) is 0 Å². The molecule has 0 aliphatic heterocycles. The summed E-state index contributed by atoms with van der Waals surface area (Å²) in [6.07, 6.45) is 1.18. The Labute approximate surface area is 99.5 Å². The zero-order valence-electron chi connectivity index (χ0n) is 10.7. The smallest absolute Gasteiger partial charge is 0.0164 e. The van der Waals surface area contributed by atoms with Crippen LogP contribution in [0.4, 0.5) is 0 Å². The molecule has 0 aromatic heterocycles. The second-order valence-corrected chi connectivity index (χ2v) is 4.38. The summed E-state index contributed by atoms with van der Waals surface area (Å²) < 4.78 is 0. The summed E-state index contributed by atoms with van der Waals surface area (Å²) in [4.78, 5) is 0. The van der Waals surface area contributed by atoms with Gasteiger partial charge in [0.25, 0.3) is 0 Å². The maximum Gasteiger partial charge on any atom is 0.0164 e. The Kier molecular flexibility index (Phi) is 6.12. The molecule has 0 bridgehead atoms. The van der Waals surface area contributed by atoms with E-state index in [1.54, 1.807) is 0 Å². The Morgan fingerprint density at radius 3 is 2.38 bits per heavy atom. The van der Waals surface area contributed by atoms with E-state index in [1.807, 2.05) is 7.05 Å². The van der Waals surface area contributed by atoms with Crippen molar-refractivity contribution in [1.82, 2.24) is 10.6 Å². The number of nitrogens with one attached hydrogen (secondary N) is 2. The van der Waals surface area contributed by atoms with Crippen molar-refractivity contribution in [2.45, 2.75) is 32.2 Å². The van der Waals surface area contributed by atoms with E-state index < -0.39 is 0 Å². The lowest BCUT2D eigenvalue weighted by atomic mass is 9.96. The number of likely N-dealkylation sites (N-methyl/N-ethyl adjacent to an activating group) is 1. The first-order chi connectivity index (χ1) is 7.77. The lowest BCUT2D eigenvalue weighted by Crippen LogP contribution is -2.37. The van der Waals surface area contributed by atoms with Crippen molar-refractivity contribution in [3.05, 3.63) is 35.9 Å². The molecule has 2 N–H and O–H groups in total. The minimum Gasteiger partial charge on any atom is -0.318 e. The third-order valence-corrected chi connectivity index (χ3v) is 2.99. The SMILES string of the molecule is CCC(CNC(C)CNC)c1ccccc1. The minimum absolute atomic E-state index is 0.530. The van der Waals surface area contributed by atoms with E-state index in [1.165, 1.54) is 12.0 Å². The van der Waals surface area contributed by atoms with Crippen molar-refractivity contribution in [1.29, 1.82) is 0 Å². The van der Waals surface area contributed by atoms with Crippen LogP contribution in [0.3, 0.4) is 0 Å². The Balaban J connectivity index is 2.44. The van der Waals surface area contributed by atoms with Crippen LogP contribution in [0.25, 0.3) is 0 Å². The third kappa shape index (κ3) is 4.33. The van der Waals surface area contributed by atoms with E-state index in [-0.39, 0.29) is 0 Å². The molecule has 16 heavy (non-hydrogen) atoms. The summed E-state index contributed by atoms with van der Waals surface area (Å²) in [7, 11) is 1.99. The van der Waals surface area contributed by atoms with Gasteiger partial charge in [-0.15, -0.1) is 0 Å². The quantitative estimate of drug-likeness (QED) is 0.737. The highest BCUT2D eigenvalue weighted by Gasteiger charge is 2.09. The van der Waals surface area contributed by atoms with Crippen LogP contribution < -0.4 is 10.6 Å². The molecule has 1 aromatic rings. The van der Waals surface area contributed by atoms with E-state index >= 15 is 0 Å². The molecule has 90 valence electrons. The molecule has 1 aromatic carbocycles. The van der Waals surface area contributed by atoms with Crippen LogP contribution in [0.15, 0.2) is 30.3 Å². The van der Waals surface area contributed by atoms with Crippen molar-refractivity contribution in [3.63, 3.8) is 0 Å². The average Bonchev–Trinajstić information content (AvgIpc) is 2.31. The molecule has 0 fully saturated rings. The van der Waals surface area contributed by atoms with Crippen LogP contribution in [0.2, 0.25) is 0 Å². The van der Waals surface area contributed by atoms with Gasteiger partial charge in [0.2, 0.25) is 0 Å². The van der Waals surface area contributed by atoms with Crippen molar-refractivity contribution >= 4 is 0 Å². The number of hydrogen-bond acceptors (Lipinski definition) is 2. The van der Waals surface area contributed by atoms with Crippen LogP contribution in [0.5, 0.6) is 0 Å². The molecule has 0 spiro atoms. The minimum atomic E-state index is 0.530. The summed E-state index contributed by atoms with van der Waals surface area (Å²) in [6.45, 7) is 6.55. The van der Waals surface area contributed by atoms with Gasteiger partial charge in [-0.1, -0.05) is 37.3 Å². The van der Waals surface area contributed by atoms with Crippen LogP contribution in [0, 0.1) is 0 Å². The van der Waals surface area contributed by atoms with Gasteiger partial charge in [0.15, 0.2) is 0 Å². The number of benzene rings is 1. The predicted molar refractivity (Wildman–Crippen MR) is 70.9 cm³/mol. The number of hydrogen-bond donors (Lipinski definition) is 2. The lowest BCUT2D eigenvalue weighted by Gasteiger charge is -2.20. The topological polar surface area (TPSA) is 24.1 Å². The molecule has 0 saturated heterocycles. The van der Waals surface area contributed by atoms with E-state index in [0.29, 0.717) is 12.0 Å². The molecule has 2 nitrogen and oxygen atoms in total. The fourth-order valence-corrected chi connectivity index (χ4v) is 1.94. The maximum absolute atomic E-state index is 3.57. The second kappa shape index (κ2) is 7.42. The molecule has 0 radical (unpaired) electrons. The zero-order chi connectivity index (χ0) is 11.8. The fourth-order valence-electron chi connectivity index (χ4n) is 1.94. The van der Waals surface area contributed by atoms with Gasteiger partial charge in [-0.05, 0) is 31.9 Å². The van der Waals surface area contributed by atoms with Crippen molar-refractivity contribution in [3.8, 4) is 0 Å². The van der Waals surface area contributed by atoms with E-state index in [4.69, 9.17) is 0 Å². The maximum atomic E-state index is 3.57. The fraction of sp³-hybridized carbons (Fsp3) is 0.571. The highest BCUT2D eigenvalue weighted by molar-refractivity contribution is 5.19. The van der Waals surface area contributed by atoms with E-state index in [2.05, 4.69) is 54.8 Å². The summed E-state index contributed by atoms with van der Waals surface area (Å²) in [6, 6.07) is 11.3. The van der Waals surface area contributed by atoms with Crippen LogP contribution in [0.1, 0.15) is 31.7 Å². The molecule has 0 heterocycles. The molecule has 0 aliphatic rings. The highest BCUT2D eigenvalue weighted by Crippen LogP contribution is 2.17. The first kappa shape index (κ1) is 13.2. The van der Waals surface area contributed by atoms with Crippen molar-refractivity contribution < 1.29 is 0 Å². The normalized spacial score (nSPS) is 14.7. The molecule has 0 aliphatic carbocycles. The van der Waals surface area contributed by atoms with Crippen LogP contribution in [-0.4, -0.2) is 26.2 Å². The van der Waals surface area contributed by atoms with E-state index in [9.17, 15) is 0 Å². The Morgan fingerprint density at radius 1 is 1.12 bits per heavy atom. The van der Waals surface area contributed by atoms with Gasteiger partial charge in [0.1, 0.15) is 0 Å². The highest BCUT2D eigenvalue weighted by atomic mass is 15.0. The molecule has 2 atom stereocenters. The number of rotatable bonds is 7. The van der Waals surface area contributed by atoms with Gasteiger partial charge < -0.3 is 10.6 Å². The summed E-state index contributed by atoms with van der Waals surface area (Å²) in [5, 5.41) is 6.76. The van der Waals surface area contributed by atoms with Gasteiger partial charge in [-0.25, -0.2) is 0 Å². The second-order valence-electron chi connectivity index (χ2n) is 4.38. The van der Waals surface area contributed by atoms with E-state index in [0.717, 1.165) is 13.1 Å². The first-order valence-corrected chi connectivity index (χ1v) is 6.20. The Hall–Kier alpha value is -0.860. The Morgan fingerprint density at radius 2 is 1.81 bits per heavy atom. The van der Waals surface area contributed by atoms with Gasteiger partial charge >= 0.3 is 0 Å². The standard InChI is InChI=1S/C14H24N2/c1-4-13(11-16-12(2)10-15-3)14-8-6-5-7-9-14/h5-9,12-13,15-16H,4,10-11H2,1-3H3. The van der Waals surface area contributed by atoms with Gasteiger partial charge in [-0.3, -0.25) is 0 Å². The molecule has 2 heteroatoms. The van der Waals surface area contributed by atoms with Crippen LogP contribution in [-0.2, 0) is 0 Å². The Bertz CT molecular complexity index is 271. The summed E-state index contributed by atoms with van der Waals surface area (Å²) in [5.74, 6) is 0.625. The molecule has 0 amide bonds. The molecule has 1 rings (SSSR count). The van der Waals surface area contributed by atoms with Gasteiger partial charge in [0.05, 0.1) is 0 Å². The molecular formula is C14H24N2. The van der Waals surface area contributed by atoms with Crippen LogP contribution >= 0.6 is 0 Å². The zero-order valence-corrected chi connectivity index (χ0v) is 10.7. The molecular weight excluding hydrogens is 196 g/mol.